The van der Waals surface area contributed by atoms with Gasteiger partial charge in [-0.25, -0.2) is 4.98 Å². The van der Waals surface area contributed by atoms with Gasteiger partial charge in [0.2, 0.25) is 5.89 Å². The Morgan fingerprint density at radius 1 is 0.471 bits per heavy atom. The maximum Gasteiger partial charge on any atom is 0.227 e. The minimum Gasteiger partial charge on any atom is -0.436 e. The molecule has 0 atom stereocenters. The minimum absolute atomic E-state index is 0.104. The first-order chi connectivity index (χ1) is 25.0. The highest BCUT2D eigenvalue weighted by Gasteiger charge is 2.35. The van der Waals surface area contributed by atoms with Gasteiger partial charge in [-0.3, -0.25) is 0 Å². The van der Waals surface area contributed by atoms with Crippen molar-refractivity contribution in [1.82, 2.24) is 4.98 Å². The Bertz CT molecular complexity index is 2780. The van der Waals surface area contributed by atoms with Crippen LogP contribution >= 0.6 is 0 Å². The third-order valence-electron chi connectivity index (χ3n) is 10.7. The molecule has 0 unspecified atom stereocenters. The smallest absolute Gasteiger partial charge is 0.227 e. The van der Waals surface area contributed by atoms with E-state index in [1.54, 1.807) is 0 Å². The van der Waals surface area contributed by atoms with Gasteiger partial charge in [-0.15, -0.1) is 0 Å². The summed E-state index contributed by atoms with van der Waals surface area (Å²) in [5.74, 6) is 0.617. The molecule has 0 N–H and O–H groups in total. The molecule has 242 valence electrons. The zero-order valence-corrected chi connectivity index (χ0v) is 28.5. The molecule has 0 radical (unpaired) electrons. The highest BCUT2D eigenvalue weighted by Crippen LogP contribution is 2.50. The summed E-state index contributed by atoms with van der Waals surface area (Å²) in [6.45, 7) is 4.67. The average molecular weight is 655 g/mol. The zero-order valence-electron chi connectivity index (χ0n) is 28.5. The molecule has 1 aromatic heterocycles. The van der Waals surface area contributed by atoms with E-state index < -0.39 is 0 Å². The topological polar surface area (TPSA) is 29.3 Å². The number of benzene rings is 8. The molecule has 51 heavy (non-hydrogen) atoms. The Morgan fingerprint density at radius 3 is 2.06 bits per heavy atom. The van der Waals surface area contributed by atoms with E-state index in [4.69, 9.17) is 9.40 Å². The Morgan fingerprint density at radius 2 is 1.18 bits per heavy atom. The zero-order chi connectivity index (χ0) is 34.1. The number of aromatic nitrogens is 1. The first-order valence-electron chi connectivity index (χ1n) is 17.5. The number of hydrogen-bond acceptors (Lipinski definition) is 3. The Labute approximate surface area is 297 Å². The van der Waals surface area contributed by atoms with Crippen LogP contribution in [0, 0.1) is 0 Å². The molecule has 0 saturated heterocycles. The average Bonchev–Trinajstić information content (AvgIpc) is 3.72. The molecule has 0 amide bonds. The number of nitrogens with zero attached hydrogens (tertiary/aromatic N) is 2. The van der Waals surface area contributed by atoms with Crippen LogP contribution in [0.15, 0.2) is 174 Å². The van der Waals surface area contributed by atoms with E-state index in [9.17, 15) is 0 Å². The number of anilines is 3. The molecule has 0 aliphatic heterocycles. The number of rotatable bonds is 5. The first-order valence-corrected chi connectivity index (χ1v) is 17.5. The number of oxazole rings is 1. The van der Waals surface area contributed by atoms with Gasteiger partial charge in [0, 0.05) is 33.4 Å². The molecule has 9 aromatic rings. The normalized spacial score (nSPS) is 13.1. The third kappa shape index (κ3) is 4.69. The molecule has 10 rings (SSSR count). The van der Waals surface area contributed by atoms with Crippen molar-refractivity contribution < 1.29 is 4.42 Å². The van der Waals surface area contributed by atoms with Gasteiger partial charge < -0.3 is 9.32 Å². The first kappa shape index (κ1) is 29.5. The van der Waals surface area contributed by atoms with Crippen LogP contribution in [-0.4, -0.2) is 4.98 Å². The van der Waals surface area contributed by atoms with Crippen molar-refractivity contribution in [3.63, 3.8) is 0 Å². The summed E-state index contributed by atoms with van der Waals surface area (Å²) in [5, 5.41) is 4.73. The Hall–Kier alpha value is -6.45. The number of fused-ring (bicyclic) bond motifs is 8. The molecular formula is C48H34N2O. The SMILES string of the molecule is CC1(C)c2ccccc2-c2ccc(N(c3ccc(-c4nc5c(ccc6c7ccccc7ccc65)o4)cc3)c3cccc(-c4ccccc4)c3)cc21. The van der Waals surface area contributed by atoms with E-state index in [2.05, 4.69) is 183 Å². The van der Waals surface area contributed by atoms with Crippen molar-refractivity contribution in [2.24, 2.45) is 0 Å². The second-order valence-electron chi connectivity index (χ2n) is 14.0. The molecule has 1 aliphatic carbocycles. The van der Waals surface area contributed by atoms with Crippen molar-refractivity contribution in [2.75, 3.05) is 4.90 Å². The molecule has 0 spiro atoms. The van der Waals surface area contributed by atoms with Gasteiger partial charge in [0.05, 0.1) is 0 Å². The van der Waals surface area contributed by atoms with E-state index >= 15 is 0 Å². The van der Waals surface area contributed by atoms with Crippen molar-refractivity contribution in [3.05, 3.63) is 181 Å². The minimum atomic E-state index is -0.104. The van der Waals surface area contributed by atoms with E-state index in [1.165, 1.54) is 49.5 Å². The fourth-order valence-electron chi connectivity index (χ4n) is 8.09. The molecular weight excluding hydrogens is 621 g/mol. The summed E-state index contributed by atoms with van der Waals surface area (Å²) in [5.41, 5.74) is 13.5. The van der Waals surface area contributed by atoms with Crippen LogP contribution in [0.25, 0.3) is 66.4 Å². The summed E-state index contributed by atoms with van der Waals surface area (Å²) in [6, 6.07) is 60.8. The van der Waals surface area contributed by atoms with Gasteiger partial charge in [0.25, 0.3) is 0 Å². The van der Waals surface area contributed by atoms with Crippen LogP contribution in [0.3, 0.4) is 0 Å². The molecule has 0 bridgehead atoms. The van der Waals surface area contributed by atoms with Crippen LogP contribution < -0.4 is 4.90 Å². The highest BCUT2D eigenvalue weighted by atomic mass is 16.3. The van der Waals surface area contributed by atoms with Crippen LogP contribution in [0.4, 0.5) is 17.1 Å². The van der Waals surface area contributed by atoms with Crippen molar-refractivity contribution in [1.29, 1.82) is 0 Å². The van der Waals surface area contributed by atoms with Crippen molar-refractivity contribution in [3.8, 4) is 33.7 Å². The number of hydrogen-bond donors (Lipinski definition) is 0. The van der Waals surface area contributed by atoms with Gasteiger partial charge in [-0.1, -0.05) is 123 Å². The van der Waals surface area contributed by atoms with Gasteiger partial charge >= 0.3 is 0 Å². The quantitative estimate of drug-likeness (QED) is 0.173. The summed E-state index contributed by atoms with van der Waals surface area (Å²) >= 11 is 0. The van der Waals surface area contributed by atoms with Gasteiger partial charge in [0.1, 0.15) is 5.52 Å². The second-order valence-corrected chi connectivity index (χ2v) is 14.0. The molecule has 1 heterocycles. The van der Waals surface area contributed by atoms with Gasteiger partial charge in [-0.2, -0.15) is 0 Å². The van der Waals surface area contributed by atoms with Crippen LogP contribution in [0.5, 0.6) is 0 Å². The van der Waals surface area contributed by atoms with Crippen LogP contribution in [0.2, 0.25) is 0 Å². The molecule has 1 aliphatic rings. The largest absolute Gasteiger partial charge is 0.436 e. The van der Waals surface area contributed by atoms with Crippen LogP contribution in [0.1, 0.15) is 25.0 Å². The molecule has 3 nitrogen and oxygen atoms in total. The summed E-state index contributed by atoms with van der Waals surface area (Å²) in [4.78, 5) is 7.41. The monoisotopic (exact) mass is 654 g/mol. The predicted molar refractivity (Wildman–Crippen MR) is 212 cm³/mol. The van der Waals surface area contributed by atoms with Gasteiger partial charge in [0.15, 0.2) is 5.58 Å². The van der Waals surface area contributed by atoms with E-state index in [0.717, 1.165) is 39.1 Å². The summed E-state index contributed by atoms with van der Waals surface area (Å²) in [7, 11) is 0. The van der Waals surface area contributed by atoms with E-state index in [0.29, 0.717) is 5.89 Å². The summed E-state index contributed by atoms with van der Waals surface area (Å²) in [6.07, 6.45) is 0. The van der Waals surface area contributed by atoms with Crippen molar-refractivity contribution >= 4 is 49.7 Å². The lowest BCUT2D eigenvalue weighted by Gasteiger charge is -2.28. The fraction of sp³-hybridized carbons (Fsp3) is 0.0625. The molecule has 0 fully saturated rings. The highest BCUT2D eigenvalue weighted by molar-refractivity contribution is 6.15. The van der Waals surface area contributed by atoms with Crippen molar-refractivity contribution in [2.45, 2.75) is 19.3 Å². The second kappa shape index (κ2) is 11.3. The maximum absolute atomic E-state index is 6.39. The molecule has 3 heteroatoms. The van der Waals surface area contributed by atoms with Gasteiger partial charge in [-0.05, 0) is 110 Å². The maximum atomic E-state index is 6.39. The Balaban J connectivity index is 1.09. The molecule has 8 aromatic carbocycles. The predicted octanol–water partition coefficient (Wildman–Crippen LogP) is 13.2. The lowest BCUT2D eigenvalue weighted by atomic mass is 9.82. The summed E-state index contributed by atoms with van der Waals surface area (Å²) < 4.78 is 6.39. The lowest BCUT2D eigenvalue weighted by Crippen LogP contribution is -2.16. The van der Waals surface area contributed by atoms with E-state index in [1.807, 2.05) is 6.07 Å². The van der Waals surface area contributed by atoms with Crippen LogP contribution in [-0.2, 0) is 5.41 Å². The standard InChI is InChI=1S/C48H34N2O/c1-48(2)43-18-9-8-17-40(43)41-26-24-37(30-44(41)48)50(36-15-10-14-34(29-36)31-11-4-3-5-12-31)35-22-19-33(20-23-35)47-49-46-42-25-21-32-13-6-7-16-38(32)39(42)27-28-45(46)51-47/h3-30H,1-2H3. The fourth-order valence-corrected chi connectivity index (χ4v) is 8.09. The lowest BCUT2D eigenvalue weighted by molar-refractivity contribution is 0.620. The van der Waals surface area contributed by atoms with E-state index in [-0.39, 0.29) is 5.41 Å². The third-order valence-corrected chi connectivity index (χ3v) is 10.7. The Kier molecular flexibility index (Phi) is 6.53. The molecule has 0 saturated carbocycles.